The lowest BCUT2D eigenvalue weighted by atomic mass is 10.1. The van der Waals surface area contributed by atoms with E-state index in [1.807, 2.05) is 28.8 Å². The first-order valence-corrected chi connectivity index (χ1v) is 9.13. The number of anilines is 1. The van der Waals surface area contributed by atoms with Gasteiger partial charge in [-0.3, -0.25) is 9.36 Å². The van der Waals surface area contributed by atoms with Gasteiger partial charge in [-0.05, 0) is 61.5 Å². The minimum atomic E-state index is -0.422. The SMILES string of the molecule is CCOC(=O)c1cccc(NC(=O)c2ccc(-n3cnc4cccnc43)cc2)c1. The molecule has 0 spiro atoms. The molecule has 4 aromatic rings. The van der Waals surface area contributed by atoms with E-state index in [9.17, 15) is 9.59 Å². The molecule has 0 saturated heterocycles. The Balaban J connectivity index is 1.52. The molecule has 0 aliphatic heterocycles. The monoisotopic (exact) mass is 386 g/mol. The summed E-state index contributed by atoms with van der Waals surface area (Å²) in [7, 11) is 0. The van der Waals surface area contributed by atoms with E-state index < -0.39 is 5.97 Å². The third-order valence-electron chi connectivity index (χ3n) is 4.35. The number of aromatic nitrogens is 3. The zero-order valence-electron chi connectivity index (χ0n) is 15.7. The molecule has 1 amide bonds. The first-order chi connectivity index (χ1) is 14.2. The summed E-state index contributed by atoms with van der Waals surface area (Å²) in [6, 6.07) is 17.5. The molecule has 2 aromatic carbocycles. The lowest BCUT2D eigenvalue weighted by Gasteiger charge is -2.08. The van der Waals surface area contributed by atoms with E-state index in [4.69, 9.17) is 4.74 Å². The maximum absolute atomic E-state index is 12.6. The molecular formula is C22H18N4O3. The minimum Gasteiger partial charge on any atom is -0.462 e. The van der Waals surface area contributed by atoms with Crippen molar-refractivity contribution in [1.29, 1.82) is 0 Å². The number of carbonyl (C=O) groups excluding carboxylic acids is 2. The second kappa shape index (κ2) is 7.93. The molecule has 29 heavy (non-hydrogen) atoms. The number of carbonyl (C=O) groups is 2. The molecule has 0 atom stereocenters. The van der Waals surface area contributed by atoms with Gasteiger partial charge in [0.1, 0.15) is 11.8 Å². The predicted molar refractivity (Wildman–Crippen MR) is 109 cm³/mol. The van der Waals surface area contributed by atoms with E-state index in [-0.39, 0.29) is 5.91 Å². The predicted octanol–water partition coefficient (Wildman–Crippen LogP) is 3.85. The number of amides is 1. The van der Waals surface area contributed by atoms with Crippen molar-refractivity contribution in [1.82, 2.24) is 14.5 Å². The number of benzene rings is 2. The van der Waals surface area contributed by atoms with Crippen LogP contribution in [0.5, 0.6) is 0 Å². The summed E-state index contributed by atoms with van der Waals surface area (Å²) in [4.78, 5) is 33.1. The molecule has 0 fully saturated rings. The molecule has 144 valence electrons. The molecule has 2 heterocycles. The summed E-state index contributed by atoms with van der Waals surface area (Å²) in [6.07, 6.45) is 3.42. The second-order valence-corrected chi connectivity index (χ2v) is 6.26. The van der Waals surface area contributed by atoms with Gasteiger partial charge in [-0.25, -0.2) is 14.8 Å². The Morgan fingerprint density at radius 1 is 1.00 bits per heavy atom. The molecule has 7 nitrogen and oxygen atoms in total. The Kier molecular flexibility index (Phi) is 5.03. The fraction of sp³-hybridized carbons (Fsp3) is 0.0909. The zero-order valence-corrected chi connectivity index (χ0v) is 15.7. The maximum atomic E-state index is 12.6. The molecule has 0 unspecified atom stereocenters. The van der Waals surface area contributed by atoms with Crippen LogP contribution in [-0.2, 0) is 4.74 Å². The molecule has 4 rings (SSSR count). The van der Waals surface area contributed by atoms with E-state index in [0.29, 0.717) is 23.4 Å². The fourth-order valence-electron chi connectivity index (χ4n) is 2.95. The van der Waals surface area contributed by atoms with E-state index in [0.717, 1.165) is 16.9 Å². The first-order valence-electron chi connectivity index (χ1n) is 9.13. The summed E-state index contributed by atoms with van der Waals surface area (Å²) in [5, 5.41) is 2.80. The topological polar surface area (TPSA) is 86.1 Å². The number of imidazole rings is 1. The maximum Gasteiger partial charge on any atom is 0.338 e. The van der Waals surface area contributed by atoms with Crippen molar-refractivity contribution in [3.8, 4) is 5.69 Å². The first kappa shape index (κ1) is 18.4. The number of fused-ring (bicyclic) bond motifs is 1. The Bertz CT molecular complexity index is 1180. The average Bonchev–Trinajstić information content (AvgIpc) is 3.18. The number of pyridine rings is 1. The van der Waals surface area contributed by atoms with Gasteiger partial charge in [0.2, 0.25) is 0 Å². The molecule has 2 aromatic heterocycles. The zero-order chi connectivity index (χ0) is 20.2. The van der Waals surface area contributed by atoms with E-state index in [1.165, 1.54) is 0 Å². The lowest BCUT2D eigenvalue weighted by molar-refractivity contribution is 0.0526. The van der Waals surface area contributed by atoms with Crippen molar-refractivity contribution in [2.75, 3.05) is 11.9 Å². The van der Waals surface area contributed by atoms with Crippen molar-refractivity contribution >= 4 is 28.7 Å². The number of hydrogen-bond donors (Lipinski definition) is 1. The largest absolute Gasteiger partial charge is 0.462 e. The van der Waals surface area contributed by atoms with Crippen LogP contribution < -0.4 is 5.32 Å². The van der Waals surface area contributed by atoms with Gasteiger partial charge in [-0.15, -0.1) is 0 Å². The Hall–Kier alpha value is -4.00. The minimum absolute atomic E-state index is 0.272. The third kappa shape index (κ3) is 3.84. The van der Waals surface area contributed by atoms with Crippen molar-refractivity contribution in [2.45, 2.75) is 6.92 Å². The summed E-state index contributed by atoms with van der Waals surface area (Å²) in [5.74, 6) is -0.694. The van der Waals surface area contributed by atoms with Crippen molar-refractivity contribution < 1.29 is 14.3 Å². The number of esters is 1. The lowest BCUT2D eigenvalue weighted by Crippen LogP contribution is -2.13. The van der Waals surface area contributed by atoms with Gasteiger partial charge in [-0.1, -0.05) is 6.07 Å². The van der Waals surface area contributed by atoms with Crippen molar-refractivity contribution in [2.24, 2.45) is 0 Å². The molecule has 0 radical (unpaired) electrons. The number of rotatable bonds is 5. The average molecular weight is 386 g/mol. The highest BCUT2D eigenvalue weighted by atomic mass is 16.5. The van der Waals surface area contributed by atoms with Crippen molar-refractivity contribution in [3.05, 3.63) is 84.3 Å². The van der Waals surface area contributed by atoms with Gasteiger partial charge in [-0.2, -0.15) is 0 Å². The Labute approximate surface area is 167 Å². The normalized spacial score (nSPS) is 10.7. The molecule has 0 saturated carbocycles. The molecule has 0 aliphatic rings. The van der Waals surface area contributed by atoms with Crippen LogP contribution in [0.2, 0.25) is 0 Å². The van der Waals surface area contributed by atoms with Crippen LogP contribution in [0.15, 0.2) is 73.2 Å². The van der Waals surface area contributed by atoms with Gasteiger partial charge in [0, 0.05) is 23.1 Å². The molecule has 7 heteroatoms. The standard InChI is InChI=1S/C22H18N4O3/c1-2-29-22(28)16-5-3-6-17(13-16)25-21(27)15-8-10-18(11-9-15)26-14-24-19-7-4-12-23-20(19)26/h3-14H,2H2,1H3,(H,25,27). The number of nitrogens with one attached hydrogen (secondary N) is 1. The van der Waals surface area contributed by atoms with Crippen LogP contribution in [0.25, 0.3) is 16.9 Å². The van der Waals surface area contributed by atoms with Gasteiger partial charge in [0.25, 0.3) is 5.91 Å². The van der Waals surface area contributed by atoms with Crippen LogP contribution in [0.4, 0.5) is 5.69 Å². The third-order valence-corrected chi connectivity index (χ3v) is 4.35. The Morgan fingerprint density at radius 2 is 1.83 bits per heavy atom. The van der Waals surface area contributed by atoms with Gasteiger partial charge in [0.05, 0.1) is 12.2 Å². The number of nitrogens with zero attached hydrogens (tertiary/aromatic N) is 3. The smallest absolute Gasteiger partial charge is 0.338 e. The highest BCUT2D eigenvalue weighted by Gasteiger charge is 2.11. The molecular weight excluding hydrogens is 368 g/mol. The number of ether oxygens (including phenoxy) is 1. The van der Waals surface area contributed by atoms with Gasteiger partial charge in [0.15, 0.2) is 5.65 Å². The number of hydrogen-bond acceptors (Lipinski definition) is 5. The summed E-state index contributed by atoms with van der Waals surface area (Å²) >= 11 is 0. The van der Waals surface area contributed by atoms with Gasteiger partial charge >= 0.3 is 5.97 Å². The summed E-state index contributed by atoms with van der Waals surface area (Å²) in [6.45, 7) is 2.04. The van der Waals surface area contributed by atoms with Gasteiger partial charge < -0.3 is 10.1 Å². The molecule has 0 aliphatic carbocycles. The van der Waals surface area contributed by atoms with E-state index in [1.54, 1.807) is 55.8 Å². The van der Waals surface area contributed by atoms with Crippen molar-refractivity contribution in [3.63, 3.8) is 0 Å². The van der Waals surface area contributed by atoms with Crippen LogP contribution in [0.1, 0.15) is 27.6 Å². The summed E-state index contributed by atoms with van der Waals surface area (Å²) in [5.41, 5.74) is 3.81. The van der Waals surface area contributed by atoms with Crippen LogP contribution in [0, 0.1) is 0 Å². The quantitative estimate of drug-likeness (QED) is 0.527. The highest BCUT2D eigenvalue weighted by Crippen LogP contribution is 2.18. The molecule has 1 N–H and O–H groups in total. The van der Waals surface area contributed by atoms with Crippen LogP contribution >= 0.6 is 0 Å². The Morgan fingerprint density at radius 3 is 2.62 bits per heavy atom. The molecule has 0 bridgehead atoms. The van der Waals surface area contributed by atoms with E-state index in [2.05, 4.69) is 15.3 Å². The highest BCUT2D eigenvalue weighted by molar-refractivity contribution is 6.05. The fourth-order valence-corrected chi connectivity index (χ4v) is 2.95. The van der Waals surface area contributed by atoms with E-state index >= 15 is 0 Å². The summed E-state index contributed by atoms with van der Waals surface area (Å²) < 4.78 is 6.85. The van der Waals surface area contributed by atoms with Crippen LogP contribution in [-0.4, -0.2) is 33.0 Å². The van der Waals surface area contributed by atoms with Crippen LogP contribution in [0.3, 0.4) is 0 Å². The second-order valence-electron chi connectivity index (χ2n) is 6.26.